The average molecular weight is 250 g/mol. The Hall–Kier alpha value is -1.44. The normalized spacial score (nSPS) is 10.6. The highest BCUT2D eigenvalue weighted by atomic mass is 19.1. The third-order valence-corrected chi connectivity index (χ3v) is 2.83. The monoisotopic (exact) mass is 250 g/mol. The van der Waals surface area contributed by atoms with Crippen molar-refractivity contribution in [3.63, 3.8) is 0 Å². The van der Waals surface area contributed by atoms with Crippen molar-refractivity contribution in [2.45, 2.75) is 25.8 Å². The van der Waals surface area contributed by atoms with Crippen molar-refractivity contribution in [2.24, 2.45) is 0 Å². The lowest BCUT2D eigenvalue weighted by molar-refractivity contribution is 0.271. The molecule has 1 aromatic carbocycles. The third-order valence-electron chi connectivity index (χ3n) is 2.83. The largest absolute Gasteiger partial charge is 0.396 e. The molecule has 98 valence electrons. The summed E-state index contributed by atoms with van der Waals surface area (Å²) in [5.41, 5.74) is 1.25. The molecule has 0 fully saturated rings. The van der Waals surface area contributed by atoms with E-state index in [1.165, 1.54) is 12.1 Å². The van der Waals surface area contributed by atoms with Gasteiger partial charge in [0, 0.05) is 13.2 Å². The van der Waals surface area contributed by atoms with Crippen LogP contribution in [0.25, 0.3) is 0 Å². The van der Waals surface area contributed by atoms with Gasteiger partial charge >= 0.3 is 0 Å². The molecule has 1 N–H and O–H groups in total. The average Bonchev–Trinajstić information content (AvgIpc) is 2.37. The highest BCUT2D eigenvalue weighted by Crippen LogP contribution is 2.12. The predicted molar refractivity (Wildman–Crippen MR) is 68.4 cm³/mol. The molecule has 0 saturated carbocycles. The van der Waals surface area contributed by atoms with Gasteiger partial charge in [-0.25, -0.2) is 4.39 Å². The van der Waals surface area contributed by atoms with Crippen molar-refractivity contribution < 1.29 is 9.50 Å². The molecule has 0 aliphatic carbocycles. The number of nitriles is 1. The highest BCUT2D eigenvalue weighted by Gasteiger charge is 2.06. The first-order valence-corrected chi connectivity index (χ1v) is 6.15. The Morgan fingerprint density at radius 2 is 2.11 bits per heavy atom. The molecule has 0 unspecified atom stereocenters. The Bertz CT molecular complexity index is 415. The van der Waals surface area contributed by atoms with Crippen molar-refractivity contribution in [3.05, 3.63) is 35.1 Å². The minimum atomic E-state index is -0.374. The van der Waals surface area contributed by atoms with Gasteiger partial charge in [-0.2, -0.15) is 5.26 Å². The molecule has 4 heteroatoms. The maximum atomic E-state index is 13.0. The molecule has 0 radical (unpaired) electrons. The Balaban J connectivity index is 2.49. The topological polar surface area (TPSA) is 47.3 Å². The van der Waals surface area contributed by atoms with Gasteiger partial charge in [-0.1, -0.05) is 6.07 Å². The number of unbranched alkanes of at least 4 members (excludes halogenated alkanes) is 2. The van der Waals surface area contributed by atoms with E-state index < -0.39 is 0 Å². The zero-order valence-corrected chi connectivity index (χ0v) is 10.7. The summed E-state index contributed by atoms with van der Waals surface area (Å²) in [6.07, 6.45) is 2.84. The number of aliphatic hydroxyl groups is 1. The Kier molecular flexibility index (Phi) is 6.34. The van der Waals surface area contributed by atoms with E-state index >= 15 is 0 Å². The predicted octanol–water partition coefficient (Wildman–Crippen LogP) is 2.29. The molecule has 0 amide bonds. The Morgan fingerprint density at radius 3 is 2.78 bits per heavy atom. The number of benzene rings is 1. The highest BCUT2D eigenvalue weighted by molar-refractivity contribution is 5.37. The zero-order valence-electron chi connectivity index (χ0n) is 10.7. The van der Waals surface area contributed by atoms with Gasteiger partial charge in [0.2, 0.25) is 0 Å². The van der Waals surface area contributed by atoms with Crippen molar-refractivity contribution in [3.8, 4) is 6.07 Å². The van der Waals surface area contributed by atoms with Gasteiger partial charge in [-0.15, -0.1) is 0 Å². The van der Waals surface area contributed by atoms with Crippen LogP contribution in [0.15, 0.2) is 18.2 Å². The molecule has 0 aromatic heterocycles. The van der Waals surface area contributed by atoms with E-state index in [4.69, 9.17) is 10.4 Å². The summed E-state index contributed by atoms with van der Waals surface area (Å²) in [7, 11) is 1.98. The molecule has 18 heavy (non-hydrogen) atoms. The van der Waals surface area contributed by atoms with Crippen LogP contribution in [0.3, 0.4) is 0 Å². The van der Waals surface area contributed by atoms with E-state index in [9.17, 15) is 4.39 Å². The molecule has 0 aliphatic heterocycles. The second kappa shape index (κ2) is 7.80. The van der Waals surface area contributed by atoms with Crippen LogP contribution in [-0.4, -0.2) is 30.2 Å². The summed E-state index contributed by atoms with van der Waals surface area (Å²) in [5.74, 6) is -0.374. The number of hydrogen-bond acceptors (Lipinski definition) is 3. The lowest BCUT2D eigenvalue weighted by Crippen LogP contribution is -2.19. The van der Waals surface area contributed by atoms with Gasteiger partial charge in [0.25, 0.3) is 0 Å². The van der Waals surface area contributed by atoms with Gasteiger partial charge in [0.15, 0.2) is 0 Å². The second-order valence-corrected chi connectivity index (χ2v) is 4.44. The van der Waals surface area contributed by atoms with E-state index in [0.717, 1.165) is 31.4 Å². The molecular weight excluding hydrogens is 231 g/mol. The lowest BCUT2D eigenvalue weighted by atomic mass is 10.1. The van der Waals surface area contributed by atoms with Crippen LogP contribution in [0, 0.1) is 17.1 Å². The van der Waals surface area contributed by atoms with Gasteiger partial charge in [-0.05, 0) is 50.6 Å². The maximum Gasteiger partial charge on any atom is 0.124 e. The Labute approximate surface area is 107 Å². The summed E-state index contributed by atoms with van der Waals surface area (Å²) in [4.78, 5) is 2.10. The van der Waals surface area contributed by atoms with Gasteiger partial charge < -0.3 is 10.0 Å². The van der Waals surface area contributed by atoms with Crippen molar-refractivity contribution in [1.29, 1.82) is 5.26 Å². The van der Waals surface area contributed by atoms with E-state index in [1.807, 2.05) is 13.1 Å². The Morgan fingerprint density at radius 1 is 1.33 bits per heavy atom. The first kappa shape index (κ1) is 14.6. The fraction of sp³-hybridized carbons (Fsp3) is 0.500. The fourth-order valence-corrected chi connectivity index (χ4v) is 1.83. The fourth-order valence-electron chi connectivity index (χ4n) is 1.83. The summed E-state index contributed by atoms with van der Waals surface area (Å²) in [5, 5.41) is 17.6. The standard InChI is InChI=1S/C14H19FN2O/c1-17(7-3-2-4-8-18)11-12-5-6-14(15)9-13(12)10-16/h5-6,9,18H,2-4,7-8,11H2,1H3. The maximum absolute atomic E-state index is 13.0. The zero-order chi connectivity index (χ0) is 13.4. The number of hydrogen-bond donors (Lipinski definition) is 1. The van der Waals surface area contributed by atoms with Gasteiger partial charge in [0.1, 0.15) is 5.82 Å². The summed E-state index contributed by atoms with van der Waals surface area (Å²) in [6.45, 7) is 1.78. The minimum Gasteiger partial charge on any atom is -0.396 e. The number of halogens is 1. The third kappa shape index (κ3) is 4.82. The quantitative estimate of drug-likeness (QED) is 0.755. The van der Waals surface area contributed by atoms with Crippen molar-refractivity contribution in [2.75, 3.05) is 20.2 Å². The molecule has 0 saturated heterocycles. The van der Waals surface area contributed by atoms with Crippen LogP contribution >= 0.6 is 0 Å². The van der Waals surface area contributed by atoms with Crippen LogP contribution in [0.2, 0.25) is 0 Å². The van der Waals surface area contributed by atoms with E-state index in [-0.39, 0.29) is 12.4 Å². The van der Waals surface area contributed by atoms with Crippen LogP contribution in [0.1, 0.15) is 30.4 Å². The van der Waals surface area contributed by atoms with Gasteiger partial charge in [0.05, 0.1) is 11.6 Å². The van der Waals surface area contributed by atoms with Crippen LogP contribution < -0.4 is 0 Å². The van der Waals surface area contributed by atoms with Crippen LogP contribution in [0.5, 0.6) is 0 Å². The summed E-state index contributed by atoms with van der Waals surface area (Å²) < 4.78 is 13.0. The smallest absolute Gasteiger partial charge is 0.124 e. The summed E-state index contributed by atoms with van der Waals surface area (Å²) in [6, 6.07) is 6.34. The van der Waals surface area contributed by atoms with Crippen LogP contribution in [0.4, 0.5) is 4.39 Å². The molecule has 0 spiro atoms. The first-order valence-electron chi connectivity index (χ1n) is 6.15. The molecule has 3 nitrogen and oxygen atoms in total. The number of aliphatic hydroxyl groups excluding tert-OH is 1. The van der Waals surface area contributed by atoms with Crippen molar-refractivity contribution in [1.82, 2.24) is 4.90 Å². The molecule has 0 heterocycles. The first-order chi connectivity index (χ1) is 8.67. The molecular formula is C14H19FN2O. The van der Waals surface area contributed by atoms with E-state index in [2.05, 4.69) is 4.90 Å². The van der Waals surface area contributed by atoms with Crippen molar-refractivity contribution >= 4 is 0 Å². The molecule has 0 bridgehead atoms. The molecule has 0 aliphatic rings. The lowest BCUT2D eigenvalue weighted by Gasteiger charge is -2.17. The van der Waals surface area contributed by atoms with Gasteiger partial charge in [-0.3, -0.25) is 0 Å². The molecule has 0 atom stereocenters. The second-order valence-electron chi connectivity index (χ2n) is 4.44. The molecule has 1 aromatic rings. The summed E-state index contributed by atoms with van der Waals surface area (Å²) >= 11 is 0. The SMILES string of the molecule is CN(CCCCCO)Cc1ccc(F)cc1C#N. The van der Waals surface area contributed by atoms with E-state index in [1.54, 1.807) is 6.07 Å². The molecule has 1 rings (SSSR count). The van der Waals surface area contributed by atoms with E-state index in [0.29, 0.717) is 12.1 Å². The minimum absolute atomic E-state index is 0.236. The number of nitrogens with zero attached hydrogens (tertiary/aromatic N) is 2. The van der Waals surface area contributed by atoms with Crippen LogP contribution in [-0.2, 0) is 6.54 Å². The number of rotatable bonds is 7.